The van der Waals surface area contributed by atoms with Gasteiger partial charge in [0.2, 0.25) is 0 Å². The maximum Gasteiger partial charge on any atom is 0.00865 e. The van der Waals surface area contributed by atoms with Gasteiger partial charge in [-0.25, -0.2) is 0 Å². The Bertz CT molecular complexity index is 204. The SMILES string of the molecule is C#CCCCCNC1CCCC(CC)CC1. The Hall–Kier alpha value is -0.480. The van der Waals surface area contributed by atoms with Crippen LogP contribution in [-0.4, -0.2) is 12.6 Å². The zero-order chi connectivity index (χ0) is 11.6. The van der Waals surface area contributed by atoms with Crippen molar-refractivity contribution in [3.05, 3.63) is 0 Å². The van der Waals surface area contributed by atoms with E-state index in [-0.39, 0.29) is 0 Å². The van der Waals surface area contributed by atoms with Crippen LogP contribution in [0.5, 0.6) is 0 Å². The standard InChI is InChI=1S/C15H27N/c1-3-5-6-7-13-16-15-10-8-9-14(4-2)11-12-15/h1,14-16H,4-13H2,2H3. The van der Waals surface area contributed by atoms with E-state index in [2.05, 4.69) is 18.2 Å². The van der Waals surface area contributed by atoms with E-state index in [1.54, 1.807) is 0 Å². The summed E-state index contributed by atoms with van der Waals surface area (Å²) in [5.74, 6) is 3.70. The van der Waals surface area contributed by atoms with Crippen molar-refractivity contribution in [3.8, 4) is 12.3 Å². The Balaban J connectivity index is 2.06. The number of rotatable bonds is 6. The summed E-state index contributed by atoms with van der Waals surface area (Å²) in [5.41, 5.74) is 0. The molecule has 0 aromatic heterocycles. The van der Waals surface area contributed by atoms with Crippen molar-refractivity contribution in [3.63, 3.8) is 0 Å². The van der Waals surface area contributed by atoms with Gasteiger partial charge in [0.25, 0.3) is 0 Å². The van der Waals surface area contributed by atoms with Crippen molar-refractivity contribution >= 4 is 0 Å². The highest BCUT2D eigenvalue weighted by Gasteiger charge is 2.16. The molecule has 0 aliphatic heterocycles. The second-order valence-corrected chi connectivity index (χ2v) is 5.09. The smallest absolute Gasteiger partial charge is 0.00865 e. The van der Waals surface area contributed by atoms with E-state index in [0.29, 0.717) is 0 Å². The van der Waals surface area contributed by atoms with Gasteiger partial charge in [0.1, 0.15) is 0 Å². The molecular weight excluding hydrogens is 194 g/mol. The highest BCUT2D eigenvalue weighted by atomic mass is 14.9. The average molecular weight is 221 g/mol. The molecule has 1 rings (SSSR count). The van der Waals surface area contributed by atoms with Gasteiger partial charge in [0.15, 0.2) is 0 Å². The zero-order valence-electron chi connectivity index (χ0n) is 10.8. The minimum absolute atomic E-state index is 0.780. The summed E-state index contributed by atoms with van der Waals surface area (Å²) in [6.07, 6.45) is 17.0. The lowest BCUT2D eigenvalue weighted by atomic mass is 9.98. The number of hydrogen-bond acceptors (Lipinski definition) is 1. The summed E-state index contributed by atoms with van der Waals surface area (Å²) in [6.45, 7) is 3.49. The Kier molecular flexibility index (Phi) is 7.34. The molecule has 1 saturated carbocycles. The van der Waals surface area contributed by atoms with Crippen molar-refractivity contribution in [2.75, 3.05) is 6.54 Å². The van der Waals surface area contributed by atoms with Gasteiger partial charge in [-0.1, -0.05) is 26.2 Å². The fourth-order valence-corrected chi connectivity index (χ4v) is 2.65. The van der Waals surface area contributed by atoms with Gasteiger partial charge in [-0.2, -0.15) is 0 Å². The van der Waals surface area contributed by atoms with Crippen molar-refractivity contribution < 1.29 is 0 Å². The molecule has 1 N–H and O–H groups in total. The van der Waals surface area contributed by atoms with E-state index in [9.17, 15) is 0 Å². The molecule has 2 atom stereocenters. The summed E-state index contributed by atoms with van der Waals surface area (Å²) >= 11 is 0. The van der Waals surface area contributed by atoms with Crippen molar-refractivity contribution in [1.29, 1.82) is 0 Å². The van der Waals surface area contributed by atoms with Crippen molar-refractivity contribution in [2.24, 2.45) is 5.92 Å². The molecule has 0 amide bonds. The first-order valence-electron chi connectivity index (χ1n) is 7.03. The summed E-state index contributed by atoms with van der Waals surface area (Å²) < 4.78 is 0. The van der Waals surface area contributed by atoms with Crippen LogP contribution in [0.15, 0.2) is 0 Å². The zero-order valence-corrected chi connectivity index (χ0v) is 10.8. The maximum absolute atomic E-state index is 5.23. The first-order valence-corrected chi connectivity index (χ1v) is 7.03. The Morgan fingerprint density at radius 2 is 2.06 bits per heavy atom. The molecule has 0 heterocycles. The molecule has 2 unspecified atom stereocenters. The lowest BCUT2D eigenvalue weighted by Crippen LogP contribution is -2.29. The largest absolute Gasteiger partial charge is 0.314 e. The normalized spacial score (nSPS) is 26.0. The van der Waals surface area contributed by atoms with Crippen LogP contribution < -0.4 is 5.32 Å². The fraction of sp³-hybridized carbons (Fsp3) is 0.867. The van der Waals surface area contributed by atoms with Crippen LogP contribution in [0.1, 0.15) is 64.7 Å². The molecule has 0 saturated heterocycles. The first kappa shape index (κ1) is 13.6. The number of hydrogen-bond donors (Lipinski definition) is 1. The van der Waals surface area contributed by atoms with E-state index >= 15 is 0 Å². The minimum Gasteiger partial charge on any atom is -0.314 e. The Labute approximate surface area is 101 Å². The van der Waals surface area contributed by atoms with Gasteiger partial charge in [0, 0.05) is 12.5 Å². The van der Waals surface area contributed by atoms with E-state index in [0.717, 1.165) is 24.9 Å². The fourth-order valence-electron chi connectivity index (χ4n) is 2.65. The van der Waals surface area contributed by atoms with E-state index in [1.807, 2.05) is 0 Å². The molecule has 1 aliphatic rings. The summed E-state index contributed by atoms with van der Waals surface area (Å²) in [4.78, 5) is 0. The van der Waals surface area contributed by atoms with E-state index in [1.165, 1.54) is 51.4 Å². The second-order valence-electron chi connectivity index (χ2n) is 5.09. The summed E-state index contributed by atoms with van der Waals surface area (Å²) in [5, 5.41) is 3.70. The van der Waals surface area contributed by atoms with Crippen molar-refractivity contribution in [1.82, 2.24) is 5.32 Å². The summed E-state index contributed by atoms with van der Waals surface area (Å²) in [7, 11) is 0. The number of nitrogens with one attached hydrogen (secondary N) is 1. The Morgan fingerprint density at radius 1 is 1.19 bits per heavy atom. The van der Waals surface area contributed by atoms with Gasteiger partial charge in [-0.3, -0.25) is 0 Å². The second kappa shape index (κ2) is 8.65. The molecule has 0 bridgehead atoms. The molecule has 1 heteroatoms. The van der Waals surface area contributed by atoms with Gasteiger partial charge in [-0.15, -0.1) is 12.3 Å². The lowest BCUT2D eigenvalue weighted by molar-refractivity contribution is 0.423. The topological polar surface area (TPSA) is 12.0 Å². The van der Waals surface area contributed by atoms with E-state index < -0.39 is 0 Å². The third-order valence-electron chi connectivity index (χ3n) is 3.85. The third kappa shape index (κ3) is 5.56. The highest BCUT2D eigenvalue weighted by molar-refractivity contribution is 4.83. The van der Waals surface area contributed by atoms with Crippen LogP contribution in [0.25, 0.3) is 0 Å². The first-order chi connectivity index (χ1) is 7.86. The van der Waals surface area contributed by atoms with Gasteiger partial charge >= 0.3 is 0 Å². The predicted octanol–water partition coefficient (Wildman–Crippen LogP) is 3.74. The average Bonchev–Trinajstić information content (AvgIpc) is 2.54. The molecule has 0 spiro atoms. The molecule has 0 aromatic carbocycles. The molecule has 1 fully saturated rings. The lowest BCUT2D eigenvalue weighted by Gasteiger charge is -2.16. The van der Waals surface area contributed by atoms with Crippen molar-refractivity contribution in [2.45, 2.75) is 70.8 Å². The number of unbranched alkanes of at least 4 members (excludes halogenated alkanes) is 2. The van der Waals surface area contributed by atoms with Crippen LogP contribution in [0.2, 0.25) is 0 Å². The quantitative estimate of drug-likeness (QED) is 0.409. The molecular formula is C15H27N. The predicted molar refractivity (Wildman–Crippen MR) is 71.3 cm³/mol. The molecule has 1 nitrogen and oxygen atoms in total. The third-order valence-corrected chi connectivity index (χ3v) is 3.85. The monoisotopic (exact) mass is 221 g/mol. The van der Waals surface area contributed by atoms with Crippen LogP contribution in [-0.2, 0) is 0 Å². The van der Waals surface area contributed by atoms with Gasteiger partial charge in [0.05, 0.1) is 0 Å². The molecule has 0 aromatic rings. The summed E-state index contributed by atoms with van der Waals surface area (Å²) in [6, 6.07) is 0.780. The van der Waals surface area contributed by atoms with E-state index in [4.69, 9.17) is 6.42 Å². The van der Waals surface area contributed by atoms with Gasteiger partial charge in [-0.05, 0) is 44.6 Å². The minimum atomic E-state index is 0.780. The highest BCUT2D eigenvalue weighted by Crippen LogP contribution is 2.25. The van der Waals surface area contributed by atoms with Gasteiger partial charge < -0.3 is 5.32 Å². The Morgan fingerprint density at radius 3 is 2.81 bits per heavy atom. The molecule has 1 aliphatic carbocycles. The van der Waals surface area contributed by atoms with Crippen LogP contribution in [0.3, 0.4) is 0 Å². The van der Waals surface area contributed by atoms with Crippen LogP contribution in [0, 0.1) is 18.3 Å². The van der Waals surface area contributed by atoms with Crippen LogP contribution in [0.4, 0.5) is 0 Å². The van der Waals surface area contributed by atoms with Crippen LogP contribution >= 0.6 is 0 Å². The molecule has 92 valence electrons. The number of terminal acetylenes is 1. The molecule has 0 radical (unpaired) electrons. The maximum atomic E-state index is 5.23. The molecule has 16 heavy (non-hydrogen) atoms.